The second kappa shape index (κ2) is 5.43. The summed E-state index contributed by atoms with van der Waals surface area (Å²) in [5.41, 5.74) is 0. The van der Waals surface area contributed by atoms with Gasteiger partial charge in [-0.3, -0.25) is 0 Å². The van der Waals surface area contributed by atoms with Gasteiger partial charge in [-0.1, -0.05) is 12.5 Å². The highest BCUT2D eigenvalue weighted by atomic mass is 14.9. The summed E-state index contributed by atoms with van der Waals surface area (Å²) in [6.45, 7) is 8.35. The van der Waals surface area contributed by atoms with Crippen LogP contribution >= 0.6 is 0 Å². The van der Waals surface area contributed by atoms with Crippen LogP contribution in [0, 0.1) is 5.92 Å². The van der Waals surface area contributed by atoms with E-state index in [0.29, 0.717) is 12.1 Å². The Bertz CT molecular complexity index is 149. The molecule has 1 aliphatic rings. The van der Waals surface area contributed by atoms with Crippen molar-refractivity contribution in [1.82, 2.24) is 5.32 Å². The predicted molar refractivity (Wildman–Crippen MR) is 58.8 cm³/mol. The van der Waals surface area contributed by atoms with E-state index in [9.17, 15) is 0 Å². The summed E-state index contributed by atoms with van der Waals surface area (Å²) >= 11 is 0. The molecule has 1 N–H and O–H groups in total. The third-order valence-corrected chi connectivity index (χ3v) is 3.21. The molecule has 0 heterocycles. The highest BCUT2D eigenvalue weighted by Gasteiger charge is 2.24. The first-order valence-electron chi connectivity index (χ1n) is 5.61. The zero-order chi connectivity index (χ0) is 9.68. The molecule has 1 aliphatic carbocycles. The van der Waals surface area contributed by atoms with E-state index in [4.69, 9.17) is 0 Å². The van der Waals surface area contributed by atoms with Crippen LogP contribution in [-0.2, 0) is 0 Å². The summed E-state index contributed by atoms with van der Waals surface area (Å²) in [6.07, 6.45) is 8.67. The van der Waals surface area contributed by atoms with Gasteiger partial charge >= 0.3 is 0 Å². The molecule has 13 heavy (non-hydrogen) atoms. The molecule has 0 radical (unpaired) electrons. The van der Waals surface area contributed by atoms with Crippen molar-refractivity contribution in [2.45, 2.75) is 58.0 Å². The van der Waals surface area contributed by atoms with Gasteiger partial charge in [-0.25, -0.2) is 0 Å². The molecule has 0 aromatic rings. The number of hydrogen-bond donors (Lipinski definition) is 1. The lowest BCUT2D eigenvalue weighted by molar-refractivity contribution is 0.227. The van der Waals surface area contributed by atoms with Crippen molar-refractivity contribution < 1.29 is 0 Å². The normalized spacial score (nSPS) is 22.0. The predicted octanol–water partition coefficient (Wildman–Crippen LogP) is 3.12. The van der Waals surface area contributed by atoms with E-state index in [-0.39, 0.29) is 0 Å². The van der Waals surface area contributed by atoms with Gasteiger partial charge in [0.2, 0.25) is 0 Å². The summed E-state index contributed by atoms with van der Waals surface area (Å²) in [7, 11) is 0. The first-order chi connectivity index (χ1) is 6.24. The van der Waals surface area contributed by atoms with Crippen LogP contribution in [-0.4, -0.2) is 12.1 Å². The fourth-order valence-corrected chi connectivity index (χ4v) is 1.98. The average molecular weight is 181 g/mol. The van der Waals surface area contributed by atoms with E-state index in [1.807, 2.05) is 6.08 Å². The summed E-state index contributed by atoms with van der Waals surface area (Å²) in [4.78, 5) is 0. The molecule has 0 amide bonds. The van der Waals surface area contributed by atoms with Gasteiger partial charge in [0.1, 0.15) is 0 Å². The minimum atomic E-state index is 0.647. The molecule has 0 saturated heterocycles. The topological polar surface area (TPSA) is 12.0 Å². The van der Waals surface area contributed by atoms with E-state index in [0.717, 1.165) is 12.3 Å². The third kappa shape index (κ3) is 3.51. The Hall–Kier alpha value is -0.300. The lowest BCUT2D eigenvalue weighted by Gasteiger charge is -2.33. The molecule has 1 saturated carbocycles. The van der Waals surface area contributed by atoms with Crippen molar-refractivity contribution in [2.75, 3.05) is 0 Å². The van der Waals surface area contributed by atoms with Crippen LogP contribution in [0.2, 0.25) is 0 Å². The lowest BCUT2D eigenvalue weighted by Crippen LogP contribution is -2.41. The van der Waals surface area contributed by atoms with Gasteiger partial charge < -0.3 is 5.32 Å². The van der Waals surface area contributed by atoms with Crippen molar-refractivity contribution in [3.63, 3.8) is 0 Å². The van der Waals surface area contributed by atoms with Crippen LogP contribution in [0.3, 0.4) is 0 Å². The van der Waals surface area contributed by atoms with Gasteiger partial charge in [-0.15, -0.1) is 6.58 Å². The fraction of sp³-hybridized carbons (Fsp3) is 0.833. The van der Waals surface area contributed by atoms with Crippen LogP contribution in [0.1, 0.15) is 46.0 Å². The van der Waals surface area contributed by atoms with Gasteiger partial charge in [0.05, 0.1) is 0 Å². The monoisotopic (exact) mass is 181 g/mol. The lowest BCUT2D eigenvalue weighted by atomic mass is 9.80. The van der Waals surface area contributed by atoms with Crippen LogP contribution in [0.4, 0.5) is 0 Å². The average Bonchev–Trinajstić information content (AvgIpc) is 1.97. The summed E-state index contributed by atoms with van der Waals surface area (Å²) < 4.78 is 0. The number of allylic oxidation sites excluding steroid dienone is 1. The van der Waals surface area contributed by atoms with Gasteiger partial charge in [0.25, 0.3) is 0 Å². The highest BCUT2D eigenvalue weighted by molar-refractivity contribution is 4.82. The third-order valence-electron chi connectivity index (χ3n) is 3.21. The van der Waals surface area contributed by atoms with E-state index in [1.54, 1.807) is 0 Å². The van der Waals surface area contributed by atoms with Crippen LogP contribution < -0.4 is 5.32 Å². The van der Waals surface area contributed by atoms with Crippen LogP contribution in [0.5, 0.6) is 0 Å². The molecule has 1 heteroatoms. The molecule has 0 aliphatic heterocycles. The largest absolute Gasteiger partial charge is 0.311 e. The molecule has 0 bridgehead atoms. The minimum absolute atomic E-state index is 0.647. The van der Waals surface area contributed by atoms with Crippen molar-refractivity contribution in [1.29, 1.82) is 0 Å². The number of nitrogens with one attached hydrogen (secondary N) is 1. The second-order valence-electron chi connectivity index (χ2n) is 4.41. The maximum atomic E-state index is 3.75. The molecule has 1 nitrogen and oxygen atoms in total. The molecule has 2 unspecified atom stereocenters. The Labute approximate surface area is 82.6 Å². The summed E-state index contributed by atoms with van der Waals surface area (Å²) in [5.74, 6) is 0.950. The Kier molecular flexibility index (Phi) is 4.51. The van der Waals surface area contributed by atoms with E-state index in [1.165, 1.54) is 25.7 Å². The summed E-state index contributed by atoms with van der Waals surface area (Å²) in [5, 5.41) is 3.67. The first kappa shape index (κ1) is 10.8. The Morgan fingerprint density at radius 1 is 1.46 bits per heavy atom. The fourth-order valence-electron chi connectivity index (χ4n) is 1.98. The zero-order valence-corrected chi connectivity index (χ0v) is 9.05. The van der Waals surface area contributed by atoms with Gasteiger partial charge in [0.15, 0.2) is 0 Å². The quantitative estimate of drug-likeness (QED) is 0.621. The molecular formula is C12H23N. The van der Waals surface area contributed by atoms with E-state index < -0.39 is 0 Å². The van der Waals surface area contributed by atoms with Crippen molar-refractivity contribution in [3.05, 3.63) is 12.7 Å². The second-order valence-corrected chi connectivity index (χ2v) is 4.41. The van der Waals surface area contributed by atoms with E-state index in [2.05, 4.69) is 25.7 Å². The van der Waals surface area contributed by atoms with Gasteiger partial charge in [0, 0.05) is 12.1 Å². The molecule has 1 fully saturated rings. The maximum Gasteiger partial charge on any atom is 0.00694 e. The minimum Gasteiger partial charge on any atom is -0.311 e. The highest BCUT2D eigenvalue weighted by Crippen LogP contribution is 2.29. The van der Waals surface area contributed by atoms with Gasteiger partial charge in [-0.2, -0.15) is 0 Å². The molecule has 2 atom stereocenters. The first-order valence-corrected chi connectivity index (χ1v) is 5.61. The summed E-state index contributed by atoms with van der Waals surface area (Å²) in [6, 6.07) is 1.36. The molecular weight excluding hydrogens is 158 g/mol. The standard InChI is InChI=1S/C12H23N/c1-4-5-7-10(2)13-11(3)12-8-6-9-12/h4,10-13H,1,5-9H2,2-3H3. The molecule has 0 aromatic heterocycles. The van der Waals surface area contributed by atoms with Gasteiger partial charge in [-0.05, 0) is 45.4 Å². The van der Waals surface area contributed by atoms with Crippen molar-refractivity contribution in [2.24, 2.45) is 5.92 Å². The number of hydrogen-bond acceptors (Lipinski definition) is 1. The smallest absolute Gasteiger partial charge is 0.00694 e. The van der Waals surface area contributed by atoms with Crippen LogP contribution in [0.15, 0.2) is 12.7 Å². The zero-order valence-electron chi connectivity index (χ0n) is 9.05. The van der Waals surface area contributed by atoms with E-state index >= 15 is 0 Å². The molecule has 1 rings (SSSR count). The molecule has 0 aromatic carbocycles. The SMILES string of the molecule is C=CCCC(C)NC(C)C1CCC1. The van der Waals surface area contributed by atoms with Crippen molar-refractivity contribution in [3.8, 4) is 0 Å². The Morgan fingerprint density at radius 2 is 2.15 bits per heavy atom. The molecule has 76 valence electrons. The maximum absolute atomic E-state index is 3.75. The Balaban J connectivity index is 2.10. The van der Waals surface area contributed by atoms with Crippen LogP contribution in [0.25, 0.3) is 0 Å². The van der Waals surface area contributed by atoms with Crippen molar-refractivity contribution >= 4 is 0 Å². The number of rotatable bonds is 6. The molecule has 0 spiro atoms. The Morgan fingerprint density at radius 3 is 2.62 bits per heavy atom.